The highest BCUT2D eigenvalue weighted by molar-refractivity contribution is 5.95. The van der Waals surface area contributed by atoms with E-state index in [-0.39, 0.29) is 5.91 Å². The van der Waals surface area contributed by atoms with Crippen LogP contribution in [0.25, 0.3) is 5.78 Å². The molecule has 0 spiro atoms. The monoisotopic (exact) mass is 396 g/mol. The van der Waals surface area contributed by atoms with Crippen molar-refractivity contribution in [3.8, 4) is 11.5 Å². The van der Waals surface area contributed by atoms with Crippen LogP contribution < -0.4 is 14.4 Å². The van der Waals surface area contributed by atoms with Gasteiger partial charge < -0.3 is 19.3 Å². The SMILES string of the molecule is COc1cc(OC)cc(C(=O)N2CCN(c3cc(C)n4c(C)nnc4n3)CC2)c1. The van der Waals surface area contributed by atoms with Crippen LogP contribution in [0.3, 0.4) is 0 Å². The fraction of sp³-hybridized carbons (Fsp3) is 0.400. The van der Waals surface area contributed by atoms with E-state index >= 15 is 0 Å². The molecule has 9 nitrogen and oxygen atoms in total. The van der Waals surface area contributed by atoms with Crippen LogP contribution in [0.5, 0.6) is 11.5 Å². The number of anilines is 1. The first-order valence-corrected chi connectivity index (χ1v) is 9.47. The molecule has 1 fully saturated rings. The first-order valence-electron chi connectivity index (χ1n) is 9.47. The molecule has 1 saturated heterocycles. The third-order valence-electron chi connectivity index (χ3n) is 5.20. The minimum atomic E-state index is -0.0328. The molecule has 29 heavy (non-hydrogen) atoms. The van der Waals surface area contributed by atoms with Gasteiger partial charge in [0.05, 0.1) is 14.2 Å². The highest BCUT2D eigenvalue weighted by Gasteiger charge is 2.24. The Labute approximate surface area is 168 Å². The van der Waals surface area contributed by atoms with E-state index in [1.54, 1.807) is 32.4 Å². The number of fused-ring (bicyclic) bond motifs is 1. The van der Waals surface area contributed by atoms with Gasteiger partial charge in [-0.1, -0.05) is 0 Å². The molecule has 0 radical (unpaired) electrons. The Morgan fingerprint density at radius 3 is 2.21 bits per heavy atom. The van der Waals surface area contributed by atoms with Gasteiger partial charge in [-0.2, -0.15) is 4.98 Å². The van der Waals surface area contributed by atoms with Gasteiger partial charge >= 0.3 is 0 Å². The van der Waals surface area contributed by atoms with Gasteiger partial charge in [0.2, 0.25) is 0 Å². The number of nitrogens with zero attached hydrogens (tertiary/aromatic N) is 6. The van der Waals surface area contributed by atoms with Crippen LogP contribution in [-0.2, 0) is 0 Å². The van der Waals surface area contributed by atoms with E-state index < -0.39 is 0 Å². The fourth-order valence-electron chi connectivity index (χ4n) is 3.64. The second-order valence-corrected chi connectivity index (χ2v) is 7.02. The number of amides is 1. The number of carbonyl (C=O) groups excluding carboxylic acids is 1. The highest BCUT2D eigenvalue weighted by atomic mass is 16.5. The number of aromatic nitrogens is 4. The number of carbonyl (C=O) groups is 1. The second-order valence-electron chi connectivity index (χ2n) is 7.02. The van der Waals surface area contributed by atoms with Gasteiger partial charge in [-0.25, -0.2) is 0 Å². The maximum atomic E-state index is 13.0. The number of benzene rings is 1. The number of methoxy groups -OCH3 is 2. The van der Waals surface area contributed by atoms with E-state index in [0.717, 1.165) is 17.3 Å². The Morgan fingerprint density at radius 1 is 0.931 bits per heavy atom. The zero-order valence-electron chi connectivity index (χ0n) is 17.0. The Kier molecular flexibility index (Phi) is 4.96. The third-order valence-corrected chi connectivity index (χ3v) is 5.20. The van der Waals surface area contributed by atoms with Crippen LogP contribution in [0.1, 0.15) is 21.9 Å². The van der Waals surface area contributed by atoms with E-state index in [4.69, 9.17) is 9.47 Å². The molecule has 2 aromatic heterocycles. The Morgan fingerprint density at radius 2 is 1.59 bits per heavy atom. The van der Waals surface area contributed by atoms with Gasteiger partial charge in [-0.05, 0) is 26.0 Å². The van der Waals surface area contributed by atoms with Crippen molar-refractivity contribution < 1.29 is 14.3 Å². The third kappa shape index (κ3) is 3.55. The Hall–Kier alpha value is -3.36. The number of piperazine rings is 1. The Bertz CT molecular complexity index is 1030. The summed E-state index contributed by atoms with van der Waals surface area (Å²) in [6.45, 7) is 6.54. The van der Waals surface area contributed by atoms with Crippen molar-refractivity contribution in [1.29, 1.82) is 0 Å². The van der Waals surface area contributed by atoms with Crippen molar-refractivity contribution in [1.82, 2.24) is 24.5 Å². The van der Waals surface area contributed by atoms with Gasteiger partial charge in [0, 0.05) is 49.6 Å². The molecule has 1 amide bonds. The quantitative estimate of drug-likeness (QED) is 0.664. The van der Waals surface area contributed by atoms with Crippen LogP contribution in [0.2, 0.25) is 0 Å². The van der Waals surface area contributed by atoms with Crippen molar-refractivity contribution >= 4 is 17.5 Å². The standard InChI is InChI=1S/C20H24N6O3/c1-13-9-18(21-20-23-22-14(2)26(13)20)24-5-7-25(8-6-24)19(27)15-10-16(28-3)12-17(11-15)29-4/h9-12H,5-8H2,1-4H3. The average Bonchev–Trinajstić information content (AvgIpc) is 3.14. The van der Waals surface area contributed by atoms with Gasteiger partial charge in [0.1, 0.15) is 23.1 Å². The predicted molar refractivity (Wildman–Crippen MR) is 108 cm³/mol. The summed E-state index contributed by atoms with van der Waals surface area (Å²) < 4.78 is 12.5. The van der Waals surface area contributed by atoms with E-state index in [2.05, 4.69) is 20.1 Å². The smallest absolute Gasteiger partial charge is 0.257 e. The summed E-state index contributed by atoms with van der Waals surface area (Å²) in [6, 6.07) is 7.27. The molecule has 0 saturated carbocycles. The number of ether oxygens (including phenoxy) is 2. The minimum Gasteiger partial charge on any atom is -0.497 e. The van der Waals surface area contributed by atoms with E-state index in [9.17, 15) is 4.79 Å². The first kappa shape index (κ1) is 19.0. The largest absolute Gasteiger partial charge is 0.497 e. The zero-order chi connectivity index (χ0) is 20.5. The number of hydrogen-bond acceptors (Lipinski definition) is 7. The summed E-state index contributed by atoms with van der Waals surface area (Å²) in [6.07, 6.45) is 0. The van der Waals surface area contributed by atoms with Crippen LogP contribution >= 0.6 is 0 Å². The number of hydrogen-bond donors (Lipinski definition) is 0. The summed E-state index contributed by atoms with van der Waals surface area (Å²) in [5, 5.41) is 8.24. The normalized spacial score (nSPS) is 14.3. The molecule has 4 rings (SSSR count). The van der Waals surface area contributed by atoms with E-state index in [0.29, 0.717) is 49.0 Å². The predicted octanol–water partition coefficient (Wildman–Crippen LogP) is 1.72. The molecule has 0 unspecified atom stereocenters. The van der Waals surface area contributed by atoms with Crippen LogP contribution in [0, 0.1) is 13.8 Å². The van der Waals surface area contributed by atoms with Crippen molar-refractivity contribution in [3.63, 3.8) is 0 Å². The summed E-state index contributed by atoms with van der Waals surface area (Å²) in [4.78, 5) is 21.6. The molecule has 1 aliphatic rings. The van der Waals surface area contributed by atoms with Gasteiger partial charge in [-0.3, -0.25) is 9.20 Å². The Balaban J connectivity index is 1.49. The van der Waals surface area contributed by atoms with Crippen molar-refractivity contribution in [3.05, 3.63) is 41.3 Å². The van der Waals surface area contributed by atoms with Crippen LogP contribution in [0.4, 0.5) is 5.82 Å². The molecule has 0 aliphatic carbocycles. The van der Waals surface area contributed by atoms with Gasteiger partial charge in [0.15, 0.2) is 0 Å². The van der Waals surface area contributed by atoms with Crippen molar-refractivity contribution in [2.24, 2.45) is 0 Å². The first-order chi connectivity index (χ1) is 14.0. The molecule has 0 N–H and O–H groups in total. The molecule has 3 heterocycles. The molecule has 3 aromatic rings. The summed E-state index contributed by atoms with van der Waals surface area (Å²) >= 11 is 0. The molecule has 152 valence electrons. The lowest BCUT2D eigenvalue weighted by molar-refractivity contribution is 0.0745. The summed E-state index contributed by atoms with van der Waals surface area (Å²) in [5.41, 5.74) is 1.60. The lowest BCUT2D eigenvalue weighted by atomic mass is 10.1. The summed E-state index contributed by atoms with van der Waals surface area (Å²) in [7, 11) is 3.15. The molecule has 1 aromatic carbocycles. The average molecular weight is 396 g/mol. The number of rotatable bonds is 4. The van der Waals surface area contributed by atoms with Crippen LogP contribution in [-0.4, -0.2) is 70.8 Å². The van der Waals surface area contributed by atoms with Gasteiger partial charge in [0.25, 0.3) is 11.7 Å². The second kappa shape index (κ2) is 7.57. The molecule has 9 heteroatoms. The van der Waals surface area contributed by atoms with Crippen molar-refractivity contribution in [2.45, 2.75) is 13.8 Å². The van der Waals surface area contributed by atoms with E-state index in [1.165, 1.54) is 0 Å². The molecule has 0 bridgehead atoms. The highest BCUT2D eigenvalue weighted by Crippen LogP contribution is 2.24. The number of aryl methyl sites for hydroxylation is 2. The minimum absolute atomic E-state index is 0.0328. The molecule has 1 aliphatic heterocycles. The van der Waals surface area contributed by atoms with Gasteiger partial charge in [-0.15, -0.1) is 10.2 Å². The zero-order valence-corrected chi connectivity index (χ0v) is 17.0. The topological polar surface area (TPSA) is 85.1 Å². The molecule has 0 atom stereocenters. The van der Waals surface area contributed by atoms with E-state index in [1.807, 2.05) is 29.2 Å². The fourth-order valence-corrected chi connectivity index (χ4v) is 3.64. The maximum Gasteiger partial charge on any atom is 0.257 e. The lowest BCUT2D eigenvalue weighted by Crippen LogP contribution is -2.49. The van der Waals surface area contributed by atoms with Crippen molar-refractivity contribution in [2.75, 3.05) is 45.3 Å². The molecular formula is C20H24N6O3. The lowest BCUT2D eigenvalue weighted by Gasteiger charge is -2.35. The summed E-state index contributed by atoms with van der Waals surface area (Å²) in [5.74, 6) is 3.44. The molecular weight excluding hydrogens is 372 g/mol. The maximum absolute atomic E-state index is 13.0. The van der Waals surface area contributed by atoms with Crippen LogP contribution in [0.15, 0.2) is 24.3 Å².